The number of hydrogen-bond acceptors (Lipinski definition) is 13. The molecule has 3 heterocycles. The normalized spacial score (nSPS) is 17.9. The van der Waals surface area contributed by atoms with Crippen LogP contribution in [-0.2, 0) is 32.7 Å². The summed E-state index contributed by atoms with van der Waals surface area (Å²) >= 11 is 2.51. The fraction of sp³-hybridized carbons (Fsp3) is 0.720. The Hall–Kier alpha value is -1.67. The highest BCUT2D eigenvalue weighted by Gasteiger charge is 2.32. The summed E-state index contributed by atoms with van der Waals surface area (Å²) < 4.78 is 34.9. The lowest BCUT2D eigenvalue weighted by Gasteiger charge is -2.14. The number of ether oxygens (including phenoxy) is 2. The molecule has 1 fully saturated rings. The molecule has 0 aromatic carbocycles. The van der Waals surface area contributed by atoms with Crippen LogP contribution in [0.5, 0.6) is 0 Å². The highest BCUT2D eigenvalue weighted by molar-refractivity contribution is 8.14. The molecule has 2 aromatic rings. The summed E-state index contributed by atoms with van der Waals surface area (Å²) in [5.41, 5.74) is 6.33. The number of imidazole rings is 1. The van der Waals surface area contributed by atoms with Crippen molar-refractivity contribution in [3.8, 4) is 0 Å². The Balaban J connectivity index is 0.000000432. The minimum Gasteiger partial charge on any atom is -0.384 e. The van der Waals surface area contributed by atoms with Crippen LogP contribution in [0.15, 0.2) is 12.7 Å². The van der Waals surface area contributed by atoms with Gasteiger partial charge in [0.1, 0.15) is 31.3 Å². The molecular weight excluding hydrogens is 577 g/mol. The minimum absolute atomic E-state index is 0.0710. The number of nitrogen functional groups attached to an aromatic ring is 1. The van der Waals surface area contributed by atoms with Crippen molar-refractivity contribution < 1.29 is 32.7 Å². The number of aromatic nitrogens is 4. The van der Waals surface area contributed by atoms with Crippen LogP contribution < -0.4 is 5.73 Å². The zero-order chi connectivity index (χ0) is 29.9. The maximum Gasteiger partial charge on any atom is 0.697 e. The lowest BCUT2D eigenvalue weighted by molar-refractivity contribution is -0.118. The maximum atomic E-state index is 11.9. The van der Waals surface area contributed by atoms with Gasteiger partial charge in [0, 0.05) is 34.0 Å². The van der Waals surface area contributed by atoms with Crippen LogP contribution in [0.3, 0.4) is 0 Å². The van der Waals surface area contributed by atoms with Crippen LogP contribution in [0.1, 0.15) is 60.6 Å². The standard InChI is InChI=1S/C17H25N5O5PS.C8H16O2S/c1-17(2,3)16(23)29-7-6-25-28(24)26-8-11-4-5-12(27-11)22-10-21-13-14(18)19-9-20-15(13)22;1-8(2,3)7(9)11-6-5-10-4/h9-12H,4-8H2,1-3H3,(H2,18,19,20);5-6H2,1-4H3/q+1;/t11-,12+;/m1./s1. The molecule has 0 spiro atoms. The topological polar surface area (TPSA) is 158 Å². The number of rotatable bonds is 11. The van der Waals surface area contributed by atoms with Gasteiger partial charge in [-0.05, 0) is 12.8 Å². The molecular formula is C25H41N5O7PS2+. The first kappa shape index (κ1) is 34.5. The van der Waals surface area contributed by atoms with Crippen molar-refractivity contribution in [3.63, 3.8) is 0 Å². The van der Waals surface area contributed by atoms with Gasteiger partial charge >= 0.3 is 8.25 Å². The molecule has 15 heteroatoms. The molecule has 1 unspecified atom stereocenters. The number of fused-ring (bicyclic) bond motifs is 1. The van der Waals surface area contributed by atoms with Crippen LogP contribution in [0, 0.1) is 10.8 Å². The van der Waals surface area contributed by atoms with Crippen LogP contribution >= 0.6 is 31.8 Å². The first-order chi connectivity index (χ1) is 18.7. The average Bonchev–Trinajstić information content (AvgIpc) is 3.52. The van der Waals surface area contributed by atoms with Gasteiger partial charge in [0.2, 0.25) is 0 Å². The molecule has 12 nitrogen and oxygen atoms in total. The average molecular weight is 619 g/mol. The van der Waals surface area contributed by atoms with Crippen LogP contribution in [0.2, 0.25) is 0 Å². The van der Waals surface area contributed by atoms with E-state index in [1.807, 2.05) is 46.1 Å². The number of carbonyl (C=O) groups excluding carboxylic acids is 2. The third-order valence-corrected chi connectivity index (χ3v) is 8.65. The SMILES string of the molecule is CC(C)(C)C(=O)SCCO[P+](=O)OC[C@H]1CC[C@@H](n2cnc3c(N)ncnc32)O1.COCCSC(=O)C(C)(C)C. The van der Waals surface area contributed by atoms with Crippen molar-refractivity contribution in [1.29, 1.82) is 0 Å². The molecule has 1 aliphatic rings. The Bertz CT molecular complexity index is 1140. The van der Waals surface area contributed by atoms with Gasteiger partial charge in [-0.25, -0.2) is 15.0 Å². The second-order valence-electron chi connectivity index (χ2n) is 11.0. The molecule has 0 aliphatic carbocycles. The number of nitrogens with two attached hydrogens (primary N) is 1. The second kappa shape index (κ2) is 16.1. The van der Waals surface area contributed by atoms with Crippen molar-refractivity contribution in [2.24, 2.45) is 10.8 Å². The van der Waals surface area contributed by atoms with Gasteiger partial charge in [-0.15, -0.1) is 9.05 Å². The number of thioether (sulfide) groups is 2. The van der Waals surface area contributed by atoms with E-state index < -0.39 is 13.7 Å². The lowest BCUT2D eigenvalue weighted by atomic mass is 9.99. The first-order valence-electron chi connectivity index (χ1n) is 12.9. The van der Waals surface area contributed by atoms with Crippen molar-refractivity contribution in [2.75, 3.05) is 44.2 Å². The van der Waals surface area contributed by atoms with Gasteiger partial charge in [0.15, 0.2) is 21.7 Å². The number of methoxy groups -OCH3 is 1. The van der Waals surface area contributed by atoms with E-state index in [1.165, 1.54) is 29.9 Å². The molecule has 224 valence electrons. The van der Waals surface area contributed by atoms with Gasteiger partial charge in [0.05, 0.1) is 19.0 Å². The van der Waals surface area contributed by atoms with Gasteiger partial charge in [-0.3, -0.25) is 14.2 Å². The maximum absolute atomic E-state index is 11.9. The summed E-state index contributed by atoms with van der Waals surface area (Å²) in [6.45, 7) is 12.3. The highest BCUT2D eigenvalue weighted by Crippen LogP contribution is 2.33. The number of hydrogen-bond donors (Lipinski definition) is 1. The van der Waals surface area contributed by atoms with Gasteiger partial charge in [0.25, 0.3) is 0 Å². The molecule has 0 bridgehead atoms. The summed E-state index contributed by atoms with van der Waals surface area (Å²) in [5, 5.41) is 0.302. The second-order valence-corrected chi connectivity index (χ2v) is 14.1. The molecule has 40 heavy (non-hydrogen) atoms. The fourth-order valence-corrected chi connectivity index (χ4v) is 5.55. The first-order valence-corrected chi connectivity index (χ1v) is 16.0. The van der Waals surface area contributed by atoms with Crippen LogP contribution in [0.25, 0.3) is 11.2 Å². The monoisotopic (exact) mass is 618 g/mol. The number of nitrogens with zero attached hydrogens (tertiary/aromatic N) is 4. The van der Waals surface area contributed by atoms with Crippen molar-refractivity contribution in [3.05, 3.63) is 12.7 Å². The highest BCUT2D eigenvalue weighted by atomic mass is 32.2. The summed E-state index contributed by atoms with van der Waals surface area (Å²) in [5.74, 6) is 1.51. The zero-order valence-electron chi connectivity index (χ0n) is 24.2. The number of carbonyl (C=O) groups is 2. The Morgan fingerprint density at radius 3 is 2.25 bits per heavy atom. The molecule has 0 amide bonds. The van der Waals surface area contributed by atoms with Crippen molar-refractivity contribution in [2.45, 2.75) is 66.7 Å². The molecule has 3 atom stereocenters. The molecule has 0 saturated carbocycles. The third kappa shape index (κ3) is 11.3. The molecule has 3 rings (SSSR count). The number of anilines is 1. The van der Waals surface area contributed by atoms with Crippen LogP contribution in [0.4, 0.5) is 5.82 Å². The van der Waals surface area contributed by atoms with Gasteiger partial charge in [-0.2, -0.15) is 0 Å². The van der Waals surface area contributed by atoms with E-state index >= 15 is 0 Å². The van der Waals surface area contributed by atoms with E-state index in [2.05, 4.69) is 15.0 Å². The Morgan fingerprint density at radius 2 is 1.65 bits per heavy atom. The third-order valence-electron chi connectivity index (χ3n) is 5.41. The summed E-state index contributed by atoms with van der Waals surface area (Å²) in [6.07, 6.45) is 4.04. The zero-order valence-corrected chi connectivity index (χ0v) is 26.8. The van der Waals surface area contributed by atoms with E-state index in [0.29, 0.717) is 29.3 Å². The molecule has 2 aromatic heterocycles. The van der Waals surface area contributed by atoms with E-state index in [4.69, 9.17) is 24.3 Å². The van der Waals surface area contributed by atoms with Crippen molar-refractivity contribution >= 4 is 59.0 Å². The summed E-state index contributed by atoms with van der Waals surface area (Å²) in [7, 11) is -0.617. The summed E-state index contributed by atoms with van der Waals surface area (Å²) in [4.78, 5) is 35.4. The van der Waals surface area contributed by atoms with Crippen LogP contribution in [-0.4, -0.2) is 74.3 Å². The smallest absolute Gasteiger partial charge is 0.384 e. The minimum atomic E-state index is -2.26. The molecule has 2 N–H and O–H groups in total. The quantitative estimate of drug-likeness (QED) is 0.264. The Kier molecular flexibility index (Phi) is 13.9. The van der Waals surface area contributed by atoms with Gasteiger partial charge < -0.3 is 15.2 Å². The molecule has 0 radical (unpaired) electrons. The lowest BCUT2D eigenvalue weighted by Crippen LogP contribution is -2.17. The predicted molar refractivity (Wildman–Crippen MR) is 158 cm³/mol. The summed E-state index contributed by atoms with van der Waals surface area (Å²) in [6, 6.07) is 0. The largest absolute Gasteiger partial charge is 0.697 e. The Labute approximate surface area is 245 Å². The van der Waals surface area contributed by atoms with E-state index in [0.717, 1.165) is 18.6 Å². The van der Waals surface area contributed by atoms with E-state index in [-0.39, 0.29) is 41.2 Å². The Morgan fingerprint density at radius 1 is 1.02 bits per heavy atom. The van der Waals surface area contributed by atoms with E-state index in [9.17, 15) is 14.2 Å². The predicted octanol–water partition coefficient (Wildman–Crippen LogP) is 5.02. The van der Waals surface area contributed by atoms with Crippen molar-refractivity contribution in [1.82, 2.24) is 19.5 Å². The molecule has 1 aliphatic heterocycles. The fourth-order valence-electron chi connectivity index (χ4n) is 3.17. The molecule has 1 saturated heterocycles. The van der Waals surface area contributed by atoms with Gasteiger partial charge in [-0.1, -0.05) is 65.1 Å². The van der Waals surface area contributed by atoms with E-state index in [1.54, 1.807) is 13.4 Å².